The van der Waals surface area contributed by atoms with Crippen LogP contribution in [0.25, 0.3) is 0 Å². The highest BCUT2D eigenvalue weighted by Gasteiger charge is 2.01. The molecule has 4 heteroatoms. The van der Waals surface area contributed by atoms with Gasteiger partial charge in [-0.1, -0.05) is 50.2 Å². The van der Waals surface area contributed by atoms with Crippen LogP contribution >= 0.6 is 0 Å². The molecule has 0 radical (unpaired) electrons. The Bertz CT molecular complexity index is 658. The van der Waals surface area contributed by atoms with E-state index in [0.717, 1.165) is 30.9 Å². The summed E-state index contributed by atoms with van der Waals surface area (Å²) in [4.78, 5) is 6.81. The van der Waals surface area contributed by atoms with Crippen LogP contribution in [0.4, 0.5) is 5.69 Å². The van der Waals surface area contributed by atoms with Crippen molar-refractivity contribution in [2.75, 3.05) is 18.4 Å². The van der Waals surface area contributed by atoms with Gasteiger partial charge in [-0.05, 0) is 48.8 Å². The largest absolute Gasteiger partial charge is 0.370 e. The SMILES string of the molecule is CCN(CC)Cc1ccc(CN=C(N)Nc2cccc(C)c2)cc1. The third-order valence-corrected chi connectivity index (χ3v) is 4.05. The molecule has 0 fully saturated rings. The van der Waals surface area contributed by atoms with Gasteiger partial charge in [-0.3, -0.25) is 4.90 Å². The van der Waals surface area contributed by atoms with E-state index in [1.165, 1.54) is 11.1 Å². The van der Waals surface area contributed by atoms with Gasteiger partial charge in [-0.2, -0.15) is 0 Å². The van der Waals surface area contributed by atoms with E-state index in [4.69, 9.17) is 5.73 Å². The zero-order valence-electron chi connectivity index (χ0n) is 14.9. The summed E-state index contributed by atoms with van der Waals surface area (Å²) >= 11 is 0. The fraction of sp³-hybridized carbons (Fsp3) is 0.350. The van der Waals surface area contributed by atoms with Crippen LogP contribution in [0.5, 0.6) is 0 Å². The van der Waals surface area contributed by atoms with Crippen LogP contribution in [0.15, 0.2) is 53.5 Å². The zero-order valence-corrected chi connectivity index (χ0v) is 14.9. The summed E-state index contributed by atoms with van der Waals surface area (Å²) in [5, 5.41) is 3.13. The van der Waals surface area contributed by atoms with E-state index in [-0.39, 0.29) is 0 Å². The molecule has 128 valence electrons. The lowest BCUT2D eigenvalue weighted by Gasteiger charge is -2.17. The molecule has 2 aromatic rings. The van der Waals surface area contributed by atoms with E-state index in [9.17, 15) is 0 Å². The Labute approximate surface area is 145 Å². The van der Waals surface area contributed by atoms with Crippen LogP contribution < -0.4 is 11.1 Å². The molecular weight excluding hydrogens is 296 g/mol. The highest BCUT2D eigenvalue weighted by atomic mass is 15.1. The van der Waals surface area contributed by atoms with Gasteiger partial charge in [0, 0.05) is 12.2 Å². The van der Waals surface area contributed by atoms with Gasteiger partial charge in [0.1, 0.15) is 0 Å². The smallest absolute Gasteiger partial charge is 0.193 e. The third-order valence-electron chi connectivity index (χ3n) is 4.05. The van der Waals surface area contributed by atoms with Crippen molar-refractivity contribution in [2.45, 2.75) is 33.9 Å². The van der Waals surface area contributed by atoms with Crippen molar-refractivity contribution < 1.29 is 0 Å². The molecule has 3 N–H and O–H groups in total. The average molecular weight is 324 g/mol. The first kappa shape index (κ1) is 18.0. The molecule has 0 unspecified atom stereocenters. The molecule has 4 nitrogen and oxygen atoms in total. The van der Waals surface area contributed by atoms with Gasteiger partial charge in [0.15, 0.2) is 5.96 Å². The monoisotopic (exact) mass is 324 g/mol. The third kappa shape index (κ3) is 5.70. The molecule has 2 aromatic carbocycles. The Hall–Kier alpha value is -2.33. The van der Waals surface area contributed by atoms with Gasteiger partial charge in [-0.15, -0.1) is 0 Å². The molecule has 0 saturated carbocycles. The number of aliphatic imine (C=N–C) groups is 1. The lowest BCUT2D eigenvalue weighted by atomic mass is 10.1. The fourth-order valence-electron chi connectivity index (χ4n) is 2.54. The number of nitrogens with one attached hydrogen (secondary N) is 1. The lowest BCUT2D eigenvalue weighted by molar-refractivity contribution is 0.296. The van der Waals surface area contributed by atoms with Crippen molar-refractivity contribution >= 4 is 11.6 Å². The highest BCUT2D eigenvalue weighted by molar-refractivity contribution is 5.92. The average Bonchev–Trinajstić information content (AvgIpc) is 2.59. The number of benzene rings is 2. The molecule has 24 heavy (non-hydrogen) atoms. The van der Waals surface area contributed by atoms with E-state index in [1.54, 1.807) is 0 Å². The van der Waals surface area contributed by atoms with Gasteiger partial charge in [0.25, 0.3) is 0 Å². The fourth-order valence-corrected chi connectivity index (χ4v) is 2.54. The molecule has 0 spiro atoms. The zero-order chi connectivity index (χ0) is 17.4. The topological polar surface area (TPSA) is 53.6 Å². The number of aryl methyl sites for hydroxylation is 1. The molecule has 0 aliphatic rings. The van der Waals surface area contributed by atoms with Gasteiger partial charge >= 0.3 is 0 Å². The van der Waals surface area contributed by atoms with E-state index in [1.807, 2.05) is 18.2 Å². The maximum Gasteiger partial charge on any atom is 0.193 e. The Balaban J connectivity index is 1.91. The number of hydrogen-bond acceptors (Lipinski definition) is 2. The molecule has 0 heterocycles. The second kappa shape index (κ2) is 9.08. The first-order valence-corrected chi connectivity index (χ1v) is 8.54. The van der Waals surface area contributed by atoms with Crippen LogP contribution in [-0.2, 0) is 13.1 Å². The molecule has 2 rings (SSSR count). The first-order valence-electron chi connectivity index (χ1n) is 8.54. The van der Waals surface area contributed by atoms with Crippen molar-refractivity contribution in [1.29, 1.82) is 0 Å². The number of nitrogens with zero attached hydrogens (tertiary/aromatic N) is 2. The van der Waals surface area contributed by atoms with Crippen molar-refractivity contribution in [3.8, 4) is 0 Å². The number of guanidine groups is 1. The number of rotatable bonds is 7. The maximum absolute atomic E-state index is 5.97. The number of nitrogens with two attached hydrogens (primary N) is 1. The minimum Gasteiger partial charge on any atom is -0.370 e. The minimum atomic E-state index is 0.438. The predicted molar refractivity (Wildman–Crippen MR) is 103 cm³/mol. The highest BCUT2D eigenvalue weighted by Crippen LogP contribution is 2.10. The molecule has 0 bridgehead atoms. The lowest BCUT2D eigenvalue weighted by Crippen LogP contribution is -2.22. The normalized spacial score (nSPS) is 11.8. The van der Waals surface area contributed by atoms with E-state index in [2.05, 4.69) is 66.3 Å². The summed E-state index contributed by atoms with van der Waals surface area (Å²) in [5.41, 5.74) is 10.6. The van der Waals surface area contributed by atoms with Gasteiger partial charge in [0.2, 0.25) is 0 Å². The second-order valence-corrected chi connectivity index (χ2v) is 5.97. The number of anilines is 1. The van der Waals surface area contributed by atoms with E-state index >= 15 is 0 Å². The standard InChI is InChI=1S/C20H28N4/c1-4-24(5-2)15-18-11-9-17(10-12-18)14-22-20(21)23-19-8-6-7-16(3)13-19/h6-13H,4-5,14-15H2,1-3H3,(H3,21,22,23). The van der Waals surface area contributed by atoms with Crippen molar-refractivity contribution in [3.05, 3.63) is 65.2 Å². The van der Waals surface area contributed by atoms with Crippen LogP contribution in [0.3, 0.4) is 0 Å². The van der Waals surface area contributed by atoms with Crippen LogP contribution in [0.2, 0.25) is 0 Å². The molecule has 0 aliphatic carbocycles. The summed E-state index contributed by atoms with van der Waals surface area (Å²) < 4.78 is 0. The molecule has 0 saturated heterocycles. The predicted octanol–water partition coefficient (Wildman–Crippen LogP) is 3.76. The molecule has 0 amide bonds. The van der Waals surface area contributed by atoms with Crippen molar-refractivity contribution in [3.63, 3.8) is 0 Å². The summed E-state index contributed by atoms with van der Waals surface area (Å²) in [6.07, 6.45) is 0. The van der Waals surface area contributed by atoms with Crippen LogP contribution in [0.1, 0.15) is 30.5 Å². The quantitative estimate of drug-likeness (QED) is 0.602. The Morgan fingerprint density at radius 1 is 1.04 bits per heavy atom. The summed E-state index contributed by atoms with van der Waals surface area (Å²) in [6.45, 7) is 10.2. The van der Waals surface area contributed by atoms with Crippen molar-refractivity contribution in [2.24, 2.45) is 10.7 Å². The molecular formula is C20H28N4. The van der Waals surface area contributed by atoms with E-state index < -0.39 is 0 Å². The minimum absolute atomic E-state index is 0.438. The van der Waals surface area contributed by atoms with Crippen LogP contribution in [-0.4, -0.2) is 23.9 Å². The van der Waals surface area contributed by atoms with Gasteiger partial charge in [-0.25, -0.2) is 4.99 Å². The summed E-state index contributed by atoms with van der Waals surface area (Å²) in [6, 6.07) is 16.7. The van der Waals surface area contributed by atoms with Crippen LogP contribution in [0, 0.1) is 6.92 Å². The summed E-state index contributed by atoms with van der Waals surface area (Å²) in [5.74, 6) is 0.438. The van der Waals surface area contributed by atoms with Gasteiger partial charge in [0.05, 0.1) is 6.54 Å². The Kier molecular flexibility index (Phi) is 6.82. The maximum atomic E-state index is 5.97. The Morgan fingerprint density at radius 3 is 2.33 bits per heavy atom. The Morgan fingerprint density at radius 2 is 1.71 bits per heavy atom. The summed E-state index contributed by atoms with van der Waals surface area (Å²) in [7, 11) is 0. The van der Waals surface area contributed by atoms with Gasteiger partial charge < -0.3 is 11.1 Å². The number of hydrogen-bond donors (Lipinski definition) is 2. The first-order chi connectivity index (χ1) is 11.6. The van der Waals surface area contributed by atoms with E-state index in [0.29, 0.717) is 12.5 Å². The second-order valence-electron chi connectivity index (χ2n) is 5.97. The molecule has 0 atom stereocenters. The molecule has 0 aromatic heterocycles. The molecule has 0 aliphatic heterocycles. The van der Waals surface area contributed by atoms with Crippen molar-refractivity contribution in [1.82, 2.24) is 4.90 Å².